The highest BCUT2D eigenvalue weighted by Crippen LogP contribution is 2.38. The predicted molar refractivity (Wildman–Crippen MR) is 73.0 cm³/mol. The average molecular weight is 226 g/mol. The largest absolute Gasteiger partial charge is 0.491 e. The second-order valence-electron chi connectivity index (χ2n) is 5.55. The summed E-state index contributed by atoms with van der Waals surface area (Å²) < 4.78 is 11.7. The van der Waals surface area contributed by atoms with Gasteiger partial charge in [-0.15, -0.1) is 0 Å². The van der Waals surface area contributed by atoms with Crippen molar-refractivity contribution in [2.75, 3.05) is 0 Å². The molecular formula is C10H17B4NO2. The van der Waals surface area contributed by atoms with Crippen LogP contribution in [0.25, 0.3) is 0 Å². The molecule has 0 aromatic heterocycles. The van der Waals surface area contributed by atoms with Crippen LogP contribution in [0.4, 0.5) is 0 Å². The highest BCUT2D eigenvalue weighted by Gasteiger charge is 2.51. The van der Waals surface area contributed by atoms with E-state index in [2.05, 4.69) is 5.32 Å². The molecule has 0 spiro atoms. The summed E-state index contributed by atoms with van der Waals surface area (Å²) in [6.07, 6.45) is 1.61. The molecule has 1 saturated heterocycles. The van der Waals surface area contributed by atoms with Crippen LogP contribution in [0, 0.1) is 0 Å². The normalized spacial score (nSPS) is 23.8. The summed E-state index contributed by atoms with van der Waals surface area (Å²) in [6, 6.07) is 0. The van der Waals surface area contributed by atoms with Crippen LogP contribution in [0.5, 0.6) is 0 Å². The standard InChI is InChI=1S/C10H17B4NO2/c1-7(6-15-10(11,12)13)14-16-8(2,3)9(4,5)17-14/h6,15H,1-5H3/b7-6+. The quantitative estimate of drug-likeness (QED) is 0.699. The maximum Gasteiger partial charge on any atom is 0.491 e. The molecule has 1 N–H and O–H groups in total. The molecule has 86 valence electrons. The fourth-order valence-electron chi connectivity index (χ4n) is 1.34. The first kappa shape index (κ1) is 14.8. The summed E-state index contributed by atoms with van der Waals surface area (Å²) in [6.45, 7) is 9.83. The summed E-state index contributed by atoms with van der Waals surface area (Å²) in [5.41, 5.74) is 0.102. The zero-order chi connectivity index (χ0) is 13.5. The van der Waals surface area contributed by atoms with Crippen LogP contribution in [0.15, 0.2) is 11.7 Å². The van der Waals surface area contributed by atoms with Crippen LogP contribution >= 0.6 is 0 Å². The lowest BCUT2D eigenvalue weighted by Gasteiger charge is -2.32. The van der Waals surface area contributed by atoms with Gasteiger partial charge in [0.1, 0.15) is 0 Å². The first-order valence-corrected chi connectivity index (χ1v) is 5.61. The molecule has 3 nitrogen and oxygen atoms in total. The minimum atomic E-state index is -1.44. The topological polar surface area (TPSA) is 30.5 Å². The highest BCUT2D eigenvalue weighted by atomic mass is 16.7. The van der Waals surface area contributed by atoms with Gasteiger partial charge in [-0.2, -0.15) is 0 Å². The monoisotopic (exact) mass is 227 g/mol. The third-order valence-electron chi connectivity index (χ3n) is 3.17. The van der Waals surface area contributed by atoms with Gasteiger partial charge in [-0.1, -0.05) is 5.24 Å². The zero-order valence-electron chi connectivity index (χ0n) is 11.2. The molecule has 0 amide bonds. The smallest absolute Gasteiger partial charge is 0.411 e. The Labute approximate surface area is 108 Å². The maximum absolute atomic E-state index is 5.84. The average Bonchev–Trinajstić information content (AvgIpc) is 2.31. The van der Waals surface area contributed by atoms with E-state index in [-0.39, 0.29) is 11.2 Å². The molecule has 17 heavy (non-hydrogen) atoms. The molecule has 7 heteroatoms. The predicted octanol–water partition coefficient (Wildman–Crippen LogP) is 0.228. The summed E-state index contributed by atoms with van der Waals surface area (Å²) >= 11 is 0. The van der Waals surface area contributed by atoms with Crippen LogP contribution in [0.2, 0.25) is 0 Å². The lowest BCUT2D eigenvalue weighted by molar-refractivity contribution is 0.00578. The van der Waals surface area contributed by atoms with Crippen molar-refractivity contribution in [3.63, 3.8) is 0 Å². The van der Waals surface area contributed by atoms with Crippen LogP contribution in [0.3, 0.4) is 0 Å². The number of hydrogen-bond acceptors (Lipinski definition) is 3. The van der Waals surface area contributed by atoms with Gasteiger partial charge in [-0.25, -0.2) is 0 Å². The lowest BCUT2D eigenvalue weighted by Crippen LogP contribution is -2.44. The van der Waals surface area contributed by atoms with Gasteiger partial charge in [0.15, 0.2) is 0 Å². The van der Waals surface area contributed by atoms with Crippen LogP contribution in [-0.2, 0) is 9.31 Å². The van der Waals surface area contributed by atoms with Gasteiger partial charge in [0, 0.05) is 0 Å². The third kappa shape index (κ3) is 3.59. The highest BCUT2D eigenvalue weighted by molar-refractivity contribution is 6.59. The van der Waals surface area contributed by atoms with E-state index in [1.54, 1.807) is 6.20 Å². The van der Waals surface area contributed by atoms with E-state index < -0.39 is 12.4 Å². The molecule has 1 fully saturated rings. The van der Waals surface area contributed by atoms with E-state index in [0.717, 1.165) is 5.47 Å². The Bertz CT molecular complexity index is 307. The maximum atomic E-state index is 5.84. The molecule has 0 aromatic carbocycles. The summed E-state index contributed by atoms with van der Waals surface area (Å²) in [5, 5.41) is 1.22. The van der Waals surface area contributed by atoms with E-state index in [9.17, 15) is 0 Å². The van der Waals surface area contributed by atoms with Crippen molar-refractivity contribution in [2.24, 2.45) is 0 Å². The molecular weight excluding hydrogens is 209 g/mol. The third-order valence-corrected chi connectivity index (χ3v) is 3.17. The van der Waals surface area contributed by atoms with Gasteiger partial charge in [0.05, 0.1) is 34.7 Å². The summed E-state index contributed by atoms with van der Waals surface area (Å²) in [7, 11) is 15.8. The lowest BCUT2D eigenvalue weighted by atomic mass is 9.49. The fraction of sp³-hybridized carbons (Fsp3) is 0.800. The number of rotatable bonds is 3. The van der Waals surface area contributed by atoms with Crippen LogP contribution in [-0.4, -0.2) is 47.1 Å². The van der Waals surface area contributed by atoms with Crippen molar-refractivity contribution in [1.29, 1.82) is 0 Å². The fourth-order valence-corrected chi connectivity index (χ4v) is 1.34. The molecule has 1 aliphatic rings. The van der Waals surface area contributed by atoms with E-state index in [4.69, 9.17) is 32.8 Å². The van der Waals surface area contributed by atoms with Crippen molar-refractivity contribution < 1.29 is 9.31 Å². The molecule has 0 bridgehead atoms. The van der Waals surface area contributed by atoms with Gasteiger partial charge in [-0.3, -0.25) is 0 Å². The Morgan fingerprint density at radius 2 is 1.53 bits per heavy atom. The number of nitrogens with one attached hydrogen (secondary N) is 1. The Morgan fingerprint density at radius 3 is 1.88 bits per heavy atom. The molecule has 6 radical (unpaired) electrons. The molecule has 0 aromatic rings. The minimum Gasteiger partial charge on any atom is -0.411 e. The second kappa shape index (κ2) is 4.43. The summed E-state index contributed by atoms with van der Waals surface area (Å²) in [5.74, 6) is 0. The Hall–Kier alpha value is -0.280. The first-order chi connectivity index (χ1) is 7.45. The van der Waals surface area contributed by atoms with Gasteiger partial charge in [0.25, 0.3) is 0 Å². The molecule has 0 aliphatic carbocycles. The van der Waals surface area contributed by atoms with Gasteiger partial charge in [0.2, 0.25) is 0 Å². The van der Waals surface area contributed by atoms with E-state index in [0.29, 0.717) is 0 Å². The Morgan fingerprint density at radius 1 is 1.12 bits per heavy atom. The van der Waals surface area contributed by atoms with E-state index in [1.165, 1.54) is 0 Å². The van der Waals surface area contributed by atoms with Gasteiger partial charge in [-0.05, 0) is 46.3 Å². The molecule has 0 unspecified atom stereocenters. The van der Waals surface area contributed by atoms with Crippen LogP contribution < -0.4 is 5.32 Å². The molecule has 1 aliphatic heterocycles. The molecule has 0 atom stereocenters. The van der Waals surface area contributed by atoms with Crippen LogP contribution in [0.1, 0.15) is 34.6 Å². The Balaban J connectivity index is 2.72. The van der Waals surface area contributed by atoms with Gasteiger partial charge < -0.3 is 14.6 Å². The van der Waals surface area contributed by atoms with Crippen molar-refractivity contribution in [1.82, 2.24) is 5.32 Å². The molecule has 1 rings (SSSR count). The SMILES string of the molecule is [B]C([B])([B])N/C=C(\C)B1OC(C)(C)C(C)(C)O1. The second-order valence-corrected chi connectivity index (χ2v) is 5.55. The zero-order valence-corrected chi connectivity index (χ0v) is 11.2. The Kier molecular flexibility index (Phi) is 3.85. The molecule has 0 saturated carbocycles. The van der Waals surface area contributed by atoms with Crippen molar-refractivity contribution in [3.8, 4) is 0 Å². The first-order valence-electron chi connectivity index (χ1n) is 5.61. The minimum absolute atomic E-state index is 0.363. The van der Waals surface area contributed by atoms with Gasteiger partial charge >= 0.3 is 7.12 Å². The van der Waals surface area contributed by atoms with Crippen molar-refractivity contribution in [3.05, 3.63) is 11.7 Å². The van der Waals surface area contributed by atoms with E-state index in [1.807, 2.05) is 34.6 Å². The number of allylic oxidation sites excluding steroid dienone is 1. The summed E-state index contributed by atoms with van der Waals surface area (Å²) in [4.78, 5) is 0. The van der Waals surface area contributed by atoms with Crippen molar-refractivity contribution in [2.45, 2.75) is 51.1 Å². The van der Waals surface area contributed by atoms with Crippen molar-refractivity contribution >= 4 is 30.7 Å². The number of hydrogen-bond donors (Lipinski definition) is 1. The van der Waals surface area contributed by atoms with E-state index >= 15 is 0 Å². The molecule has 1 heterocycles.